The first-order valence-corrected chi connectivity index (χ1v) is 9.71. The molecule has 0 saturated carbocycles. The highest BCUT2D eigenvalue weighted by Gasteiger charge is 2.35. The molecule has 1 amide bonds. The van der Waals surface area contributed by atoms with E-state index in [1.54, 1.807) is 19.1 Å². The summed E-state index contributed by atoms with van der Waals surface area (Å²) >= 11 is 0. The summed E-state index contributed by atoms with van der Waals surface area (Å²) in [6.45, 7) is 1.82. The number of esters is 1. The van der Waals surface area contributed by atoms with E-state index in [1.807, 2.05) is 36.4 Å². The van der Waals surface area contributed by atoms with Crippen LogP contribution in [0.4, 0.5) is 11.4 Å². The van der Waals surface area contributed by atoms with Crippen molar-refractivity contribution in [2.45, 2.75) is 19.3 Å². The quantitative estimate of drug-likeness (QED) is 0.361. The van der Waals surface area contributed by atoms with Gasteiger partial charge in [-0.2, -0.15) is 0 Å². The molecule has 7 nitrogen and oxygen atoms in total. The fraction of sp³-hybridized carbons (Fsp3) is 0.217. The van der Waals surface area contributed by atoms with Crippen LogP contribution in [0, 0.1) is 10.1 Å². The maximum absolute atomic E-state index is 13.0. The summed E-state index contributed by atoms with van der Waals surface area (Å²) in [5.41, 5.74) is 2.43. The Bertz CT molecular complexity index is 1140. The normalized spacial score (nSPS) is 15.7. The molecule has 0 fully saturated rings. The average molecular weight is 404 g/mol. The highest BCUT2D eigenvalue weighted by molar-refractivity contribution is 6.05. The maximum atomic E-state index is 13.0. The van der Waals surface area contributed by atoms with Crippen molar-refractivity contribution < 1.29 is 19.2 Å². The lowest BCUT2D eigenvalue weighted by Gasteiger charge is -2.34. The maximum Gasteiger partial charge on any atom is 0.326 e. The standard InChI is InChI=1S/C23H20N2O5/c1-2-30-22(27)14-24-20-12-9-15-5-3-4-6-18(15)23(20)19(13-21(24)26)16-7-10-17(11-8-16)25(28)29/h3-12,19H,2,13-14H2,1H3. The monoisotopic (exact) mass is 404 g/mol. The van der Waals surface area contributed by atoms with Crippen LogP contribution in [0.15, 0.2) is 60.7 Å². The summed E-state index contributed by atoms with van der Waals surface area (Å²) in [5, 5.41) is 13.0. The van der Waals surface area contributed by atoms with Gasteiger partial charge in [0.15, 0.2) is 0 Å². The molecule has 1 aliphatic heterocycles. The third-order valence-corrected chi connectivity index (χ3v) is 5.37. The number of hydrogen-bond donors (Lipinski definition) is 0. The lowest BCUT2D eigenvalue weighted by Crippen LogP contribution is -2.41. The Morgan fingerprint density at radius 3 is 2.57 bits per heavy atom. The molecule has 0 N–H and O–H groups in total. The molecule has 30 heavy (non-hydrogen) atoms. The first kappa shape index (κ1) is 19.6. The van der Waals surface area contributed by atoms with E-state index in [0.717, 1.165) is 21.9 Å². The molecule has 0 radical (unpaired) electrons. The number of ether oxygens (including phenoxy) is 1. The van der Waals surface area contributed by atoms with Crippen LogP contribution in [0.1, 0.15) is 30.4 Å². The van der Waals surface area contributed by atoms with Crippen molar-refractivity contribution in [1.82, 2.24) is 0 Å². The van der Waals surface area contributed by atoms with Gasteiger partial charge in [-0.25, -0.2) is 0 Å². The smallest absolute Gasteiger partial charge is 0.326 e. The van der Waals surface area contributed by atoms with Crippen LogP contribution < -0.4 is 4.90 Å². The largest absolute Gasteiger partial charge is 0.465 e. The van der Waals surface area contributed by atoms with Crippen LogP contribution in [0.3, 0.4) is 0 Å². The van der Waals surface area contributed by atoms with E-state index in [4.69, 9.17) is 4.74 Å². The van der Waals surface area contributed by atoms with Gasteiger partial charge >= 0.3 is 5.97 Å². The van der Waals surface area contributed by atoms with Gasteiger partial charge < -0.3 is 9.64 Å². The number of hydrogen-bond acceptors (Lipinski definition) is 5. The molecule has 1 unspecified atom stereocenters. The Labute approximate surface area is 173 Å². The van der Waals surface area contributed by atoms with Crippen molar-refractivity contribution in [3.05, 3.63) is 81.9 Å². The molecular weight excluding hydrogens is 384 g/mol. The summed E-state index contributed by atoms with van der Waals surface area (Å²) < 4.78 is 5.05. The number of fused-ring (bicyclic) bond motifs is 3. The number of nitro groups is 1. The van der Waals surface area contributed by atoms with Crippen LogP contribution in [0.5, 0.6) is 0 Å². The van der Waals surface area contributed by atoms with Crippen molar-refractivity contribution in [1.29, 1.82) is 0 Å². The highest BCUT2D eigenvalue weighted by atomic mass is 16.6. The van der Waals surface area contributed by atoms with Gasteiger partial charge in [0.2, 0.25) is 5.91 Å². The number of amides is 1. The fourth-order valence-electron chi connectivity index (χ4n) is 4.03. The molecule has 1 atom stereocenters. The first-order valence-electron chi connectivity index (χ1n) is 9.71. The molecule has 0 aromatic heterocycles. The molecule has 152 valence electrons. The van der Waals surface area contributed by atoms with Crippen molar-refractivity contribution >= 4 is 34.0 Å². The Kier molecular flexibility index (Phi) is 5.18. The molecule has 0 bridgehead atoms. The summed E-state index contributed by atoms with van der Waals surface area (Å²) in [6, 6.07) is 17.9. The van der Waals surface area contributed by atoms with Crippen LogP contribution >= 0.6 is 0 Å². The SMILES string of the molecule is CCOC(=O)CN1C(=O)CC(c2ccc([N+](=O)[O-])cc2)c2c1ccc1ccccc21. The van der Waals surface area contributed by atoms with Crippen molar-refractivity contribution in [3.63, 3.8) is 0 Å². The number of nitrogens with zero attached hydrogens (tertiary/aromatic N) is 2. The van der Waals surface area contributed by atoms with Crippen molar-refractivity contribution in [3.8, 4) is 0 Å². The molecule has 7 heteroatoms. The van der Waals surface area contributed by atoms with Gasteiger partial charge in [-0.3, -0.25) is 19.7 Å². The minimum atomic E-state index is -0.459. The molecular formula is C23H20N2O5. The van der Waals surface area contributed by atoms with E-state index in [1.165, 1.54) is 17.0 Å². The van der Waals surface area contributed by atoms with E-state index in [0.29, 0.717) is 5.69 Å². The van der Waals surface area contributed by atoms with Gasteiger partial charge in [-0.15, -0.1) is 0 Å². The van der Waals surface area contributed by atoms with Crippen LogP contribution in [-0.4, -0.2) is 30.0 Å². The number of benzene rings is 3. The topological polar surface area (TPSA) is 89.8 Å². The van der Waals surface area contributed by atoms with Gasteiger partial charge in [0.25, 0.3) is 5.69 Å². The number of nitro benzene ring substituents is 1. The molecule has 1 heterocycles. The van der Waals surface area contributed by atoms with Gasteiger partial charge in [-0.1, -0.05) is 42.5 Å². The van der Waals surface area contributed by atoms with Gasteiger partial charge in [0, 0.05) is 30.2 Å². The van der Waals surface area contributed by atoms with E-state index in [2.05, 4.69) is 0 Å². The Hall–Kier alpha value is -3.74. The number of anilines is 1. The predicted molar refractivity (Wildman–Crippen MR) is 112 cm³/mol. The Morgan fingerprint density at radius 2 is 1.87 bits per heavy atom. The molecule has 3 aromatic carbocycles. The molecule has 0 spiro atoms. The lowest BCUT2D eigenvalue weighted by atomic mass is 9.81. The Balaban J connectivity index is 1.85. The van der Waals surface area contributed by atoms with E-state index in [9.17, 15) is 19.7 Å². The fourth-order valence-corrected chi connectivity index (χ4v) is 4.03. The first-order chi connectivity index (χ1) is 14.5. The third kappa shape index (κ3) is 3.50. The Morgan fingerprint density at radius 1 is 1.13 bits per heavy atom. The summed E-state index contributed by atoms with van der Waals surface area (Å²) in [4.78, 5) is 37.1. The lowest BCUT2D eigenvalue weighted by molar-refractivity contribution is -0.384. The molecule has 4 rings (SSSR count). The van der Waals surface area contributed by atoms with Gasteiger partial charge in [0.1, 0.15) is 6.54 Å². The number of carbonyl (C=O) groups excluding carboxylic acids is 2. The second-order valence-electron chi connectivity index (χ2n) is 7.11. The second-order valence-corrected chi connectivity index (χ2v) is 7.11. The minimum absolute atomic E-state index is 0.00275. The summed E-state index contributed by atoms with van der Waals surface area (Å²) in [7, 11) is 0. The third-order valence-electron chi connectivity index (χ3n) is 5.37. The van der Waals surface area contributed by atoms with E-state index >= 15 is 0 Å². The number of carbonyl (C=O) groups is 2. The molecule has 1 aliphatic rings. The van der Waals surface area contributed by atoms with Crippen molar-refractivity contribution in [2.24, 2.45) is 0 Å². The minimum Gasteiger partial charge on any atom is -0.465 e. The highest BCUT2D eigenvalue weighted by Crippen LogP contribution is 2.44. The van der Waals surface area contributed by atoms with Crippen LogP contribution in [-0.2, 0) is 14.3 Å². The predicted octanol–water partition coefficient (Wildman–Crippen LogP) is 4.18. The average Bonchev–Trinajstić information content (AvgIpc) is 2.75. The summed E-state index contributed by atoms with van der Waals surface area (Å²) in [6.07, 6.45) is 0.165. The molecule has 0 saturated heterocycles. The van der Waals surface area contributed by atoms with Gasteiger partial charge in [0.05, 0.1) is 11.5 Å². The number of non-ortho nitro benzene ring substituents is 1. The van der Waals surface area contributed by atoms with Gasteiger partial charge in [-0.05, 0) is 34.9 Å². The molecule has 3 aromatic rings. The van der Waals surface area contributed by atoms with Crippen LogP contribution in [0.25, 0.3) is 10.8 Å². The zero-order valence-electron chi connectivity index (χ0n) is 16.4. The second kappa shape index (κ2) is 7.94. The molecule has 0 aliphatic carbocycles. The van der Waals surface area contributed by atoms with Crippen molar-refractivity contribution in [2.75, 3.05) is 18.1 Å². The van der Waals surface area contributed by atoms with Crippen LogP contribution in [0.2, 0.25) is 0 Å². The number of rotatable bonds is 5. The van der Waals surface area contributed by atoms with E-state index in [-0.39, 0.29) is 37.1 Å². The zero-order valence-corrected chi connectivity index (χ0v) is 16.4. The summed E-state index contributed by atoms with van der Waals surface area (Å²) in [5.74, 6) is -0.911. The van der Waals surface area contributed by atoms with E-state index < -0.39 is 10.9 Å². The zero-order chi connectivity index (χ0) is 21.3.